The average Bonchev–Trinajstić information content (AvgIpc) is 2.90. The zero-order chi connectivity index (χ0) is 27.8. The van der Waals surface area contributed by atoms with Gasteiger partial charge in [-0.3, -0.25) is 4.79 Å². The van der Waals surface area contributed by atoms with Crippen molar-refractivity contribution in [3.05, 3.63) is 83.9 Å². The van der Waals surface area contributed by atoms with E-state index in [-0.39, 0.29) is 16.9 Å². The third-order valence-electron chi connectivity index (χ3n) is 7.16. The van der Waals surface area contributed by atoms with Crippen LogP contribution in [0.5, 0.6) is 11.5 Å². The highest BCUT2D eigenvalue weighted by molar-refractivity contribution is 6.99. The van der Waals surface area contributed by atoms with Crippen molar-refractivity contribution < 1.29 is 23.4 Å². The summed E-state index contributed by atoms with van der Waals surface area (Å²) < 4.78 is 23.9. The van der Waals surface area contributed by atoms with Crippen LogP contribution in [0.1, 0.15) is 57.6 Å². The zero-order valence-corrected chi connectivity index (χ0v) is 24.9. The fourth-order valence-corrected chi connectivity index (χ4v) is 9.89. The summed E-state index contributed by atoms with van der Waals surface area (Å²) in [7, 11) is 0.710. The van der Waals surface area contributed by atoms with Crippen molar-refractivity contribution >= 4 is 24.7 Å². The fraction of sp³-hybridized carbons (Fsp3) is 0.406. The Morgan fingerprint density at radius 1 is 0.816 bits per heavy atom. The summed E-state index contributed by atoms with van der Waals surface area (Å²) in [5, 5.41) is 2.41. The number of carbonyl (C=O) groups is 1. The van der Waals surface area contributed by atoms with Gasteiger partial charge in [0.2, 0.25) is 0 Å². The number of benzene rings is 3. The number of methoxy groups -OCH3 is 2. The third kappa shape index (κ3) is 6.66. The number of hydrogen-bond donors (Lipinski definition) is 0. The summed E-state index contributed by atoms with van der Waals surface area (Å²) in [5.41, 5.74) is 2.04. The summed E-state index contributed by atoms with van der Waals surface area (Å²) >= 11 is 0. The number of carbonyl (C=O) groups excluding carboxylic acids is 1. The molecule has 3 rings (SSSR count). The van der Waals surface area contributed by atoms with Gasteiger partial charge in [-0.25, -0.2) is 0 Å². The van der Waals surface area contributed by atoms with E-state index in [9.17, 15) is 4.79 Å². The molecule has 0 radical (unpaired) electrons. The average molecular weight is 535 g/mol. The van der Waals surface area contributed by atoms with Crippen LogP contribution in [-0.4, -0.2) is 41.7 Å². The van der Waals surface area contributed by atoms with E-state index < -0.39 is 8.32 Å². The third-order valence-corrected chi connectivity index (χ3v) is 12.2. The highest BCUT2D eigenvalue weighted by Crippen LogP contribution is 2.39. The first-order valence-corrected chi connectivity index (χ1v) is 15.2. The van der Waals surface area contributed by atoms with Crippen molar-refractivity contribution in [2.75, 3.05) is 27.4 Å². The normalized spacial score (nSPS) is 12.6. The van der Waals surface area contributed by atoms with E-state index >= 15 is 0 Å². The highest BCUT2D eigenvalue weighted by atomic mass is 28.4. The summed E-state index contributed by atoms with van der Waals surface area (Å²) in [4.78, 5) is 11.5. The molecular formula is C32H42O5Si. The molecule has 3 aromatic rings. The molecule has 0 aliphatic heterocycles. The topological polar surface area (TPSA) is 54.0 Å². The van der Waals surface area contributed by atoms with Gasteiger partial charge in [0, 0.05) is 19.1 Å². The lowest BCUT2D eigenvalue weighted by Gasteiger charge is -2.43. The predicted octanol–water partition coefficient (Wildman–Crippen LogP) is 6.02. The molecule has 0 aromatic heterocycles. The molecule has 0 aliphatic carbocycles. The lowest BCUT2D eigenvalue weighted by molar-refractivity contribution is -0.141. The first kappa shape index (κ1) is 29.5. The fourth-order valence-electron chi connectivity index (χ4n) is 5.31. The van der Waals surface area contributed by atoms with E-state index in [4.69, 9.17) is 18.6 Å². The molecule has 5 nitrogen and oxygen atoms in total. The van der Waals surface area contributed by atoms with Gasteiger partial charge in [0.05, 0.1) is 20.8 Å². The summed E-state index contributed by atoms with van der Waals surface area (Å²) in [6.45, 7) is 11.2. The Hall–Kier alpha value is -3.09. The Bertz CT molecular complexity index is 1130. The van der Waals surface area contributed by atoms with Gasteiger partial charge in [0.15, 0.2) is 0 Å². The standard InChI is InChI=1S/C32H42O5Si/c1-24-22-31(35-7)29(23-30(24)34-6)26(18-20-36-25(2)33)19-21-37-38(32(3,4)5,27-14-10-8-11-15-27)28-16-12-9-13-17-28/h8-17,22-23,26H,18-21H2,1-7H3/t26-/m1/s1. The Morgan fingerprint density at radius 2 is 1.34 bits per heavy atom. The van der Waals surface area contributed by atoms with Crippen molar-refractivity contribution in [1.29, 1.82) is 0 Å². The summed E-state index contributed by atoms with van der Waals surface area (Å²) in [6, 6.07) is 25.4. The van der Waals surface area contributed by atoms with E-state index in [0.29, 0.717) is 19.6 Å². The van der Waals surface area contributed by atoms with Crippen LogP contribution in [0.3, 0.4) is 0 Å². The van der Waals surface area contributed by atoms with Crippen LogP contribution >= 0.6 is 0 Å². The second-order valence-corrected chi connectivity index (χ2v) is 15.0. The molecule has 3 aromatic carbocycles. The molecule has 6 heteroatoms. The van der Waals surface area contributed by atoms with Gasteiger partial charge in [0.1, 0.15) is 11.5 Å². The number of esters is 1. The number of hydrogen-bond acceptors (Lipinski definition) is 5. The van der Waals surface area contributed by atoms with Gasteiger partial charge in [0.25, 0.3) is 8.32 Å². The van der Waals surface area contributed by atoms with E-state index in [1.165, 1.54) is 17.3 Å². The van der Waals surface area contributed by atoms with Crippen molar-refractivity contribution in [1.82, 2.24) is 0 Å². The Balaban J connectivity index is 1.99. The van der Waals surface area contributed by atoms with E-state index in [1.807, 2.05) is 13.0 Å². The van der Waals surface area contributed by atoms with Gasteiger partial charge < -0.3 is 18.6 Å². The first-order chi connectivity index (χ1) is 18.1. The first-order valence-electron chi connectivity index (χ1n) is 13.2. The number of aryl methyl sites for hydroxylation is 1. The van der Waals surface area contributed by atoms with Gasteiger partial charge in [-0.15, -0.1) is 0 Å². The van der Waals surface area contributed by atoms with Crippen molar-refractivity contribution in [2.45, 2.75) is 58.4 Å². The van der Waals surface area contributed by atoms with Crippen molar-refractivity contribution in [3.8, 4) is 11.5 Å². The highest BCUT2D eigenvalue weighted by Gasteiger charge is 2.50. The van der Waals surface area contributed by atoms with Crippen LogP contribution in [0.2, 0.25) is 5.04 Å². The van der Waals surface area contributed by atoms with Crippen LogP contribution < -0.4 is 19.8 Å². The molecule has 38 heavy (non-hydrogen) atoms. The summed E-state index contributed by atoms with van der Waals surface area (Å²) in [5.74, 6) is 1.39. The maximum absolute atomic E-state index is 11.5. The number of ether oxygens (including phenoxy) is 3. The zero-order valence-electron chi connectivity index (χ0n) is 23.9. The van der Waals surface area contributed by atoms with Crippen LogP contribution in [-0.2, 0) is 14.0 Å². The molecule has 0 heterocycles. The summed E-state index contributed by atoms with van der Waals surface area (Å²) in [6.07, 6.45) is 1.40. The molecule has 0 saturated carbocycles. The molecular weight excluding hydrogens is 492 g/mol. The SMILES string of the molecule is COc1cc([C@H](CCOC(C)=O)CCO[Si](c2ccccc2)(c2ccccc2)C(C)(C)C)c(OC)cc1C. The monoisotopic (exact) mass is 534 g/mol. The van der Waals surface area contributed by atoms with Gasteiger partial charge >= 0.3 is 5.97 Å². The van der Waals surface area contributed by atoms with Gasteiger partial charge in [-0.2, -0.15) is 0 Å². The minimum atomic E-state index is -2.66. The van der Waals surface area contributed by atoms with E-state index in [0.717, 1.165) is 29.0 Å². The smallest absolute Gasteiger partial charge is 0.302 e. The largest absolute Gasteiger partial charge is 0.496 e. The number of rotatable bonds is 12. The molecule has 0 unspecified atom stereocenters. The molecule has 0 fully saturated rings. The lowest BCUT2D eigenvalue weighted by Crippen LogP contribution is -2.66. The molecule has 0 amide bonds. The van der Waals surface area contributed by atoms with Crippen molar-refractivity contribution in [3.63, 3.8) is 0 Å². The second kappa shape index (κ2) is 13.1. The van der Waals surface area contributed by atoms with E-state index in [1.54, 1.807) is 14.2 Å². The molecule has 1 atom stereocenters. The molecule has 0 saturated heterocycles. The quantitative estimate of drug-likeness (QED) is 0.210. The van der Waals surface area contributed by atoms with Crippen LogP contribution in [0.25, 0.3) is 0 Å². The molecule has 204 valence electrons. The molecule has 0 spiro atoms. The second-order valence-electron chi connectivity index (χ2n) is 10.7. The Labute approximate surface area is 229 Å². The Morgan fingerprint density at radius 3 is 1.82 bits per heavy atom. The van der Waals surface area contributed by atoms with Gasteiger partial charge in [-0.05, 0) is 58.8 Å². The van der Waals surface area contributed by atoms with E-state index in [2.05, 4.69) is 87.5 Å². The maximum Gasteiger partial charge on any atom is 0.302 e. The minimum Gasteiger partial charge on any atom is -0.496 e. The van der Waals surface area contributed by atoms with Crippen molar-refractivity contribution in [2.24, 2.45) is 0 Å². The lowest BCUT2D eigenvalue weighted by atomic mass is 9.91. The minimum absolute atomic E-state index is 0.0528. The van der Waals surface area contributed by atoms with Gasteiger partial charge in [-0.1, -0.05) is 81.4 Å². The Kier molecular flexibility index (Phi) is 10.2. The molecule has 0 aliphatic rings. The predicted molar refractivity (Wildman–Crippen MR) is 156 cm³/mol. The van der Waals surface area contributed by atoms with Crippen LogP contribution in [0.4, 0.5) is 0 Å². The van der Waals surface area contributed by atoms with Crippen LogP contribution in [0.15, 0.2) is 72.8 Å². The van der Waals surface area contributed by atoms with Crippen LogP contribution in [0, 0.1) is 6.92 Å². The maximum atomic E-state index is 11.5. The molecule has 0 N–H and O–H groups in total. The molecule has 0 bridgehead atoms.